The lowest BCUT2D eigenvalue weighted by Gasteiger charge is -2.11. The minimum absolute atomic E-state index is 0. The number of rotatable bonds is 12. The summed E-state index contributed by atoms with van der Waals surface area (Å²) in [6.07, 6.45) is 7.23. The smallest absolute Gasteiger partial charge is 0.491 e. The molecule has 1 amide bonds. The van der Waals surface area contributed by atoms with Crippen molar-refractivity contribution in [3.8, 4) is 34.3 Å². The van der Waals surface area contributed by atoms with E-state index < -0.39 is 18.0 Å². The lowest BCUT2D eigenvalue weighted by atomic mass is 10.1. The van der Waals surface area contributed by atoms with Gasteiger partial charge in [-0.3, -0.25) is 21.9 Å². The minimum atomic E-state index is -1.03. The third-order valence-electron chi connectivity index (χ3n) is 5.98. The van der Waals surface area contributed by atoms with E-state index in [-0.39, 0.29) is 30.2 Å². The Labute approximate surface area is 308 Å². The fourth-order valence-corrected chi connectivity index (χ4v) is 4.10. The van der Waals surface area contributed by atoms with Crippen molar-refractivity contribution in [1.82, 2.24) is 35.0 Å². The van der Waals surface area contributed by atoms with Crippen molar-refractivity contribution in [2.75, 3.05) is 6.61 Å². The zero-order valence-corrected chi connectivity index (χ0v) is 31.1. The van der Waals surface area contributed by atoms with Crippen molar-refractivity contribution in [3.63, 3.8) is 0 Å². The monoisotopic (exact) mass is 738 g/mol. The summed E-state index contributed by atoms with van der Waals surface area (Å²) >= 11 is 0. The Balaban J connectivity index is 0.000000509. The molecule has 0 bridgehead atoms. The number of carbonyl (C=O) groups excluding carboxylic acids is 3. The van der Waals surface area contributed by atoms with Crippen molar-refractivity contribution < 1.29 is 38.8 Å². The highest BCUT2D eigenvalue weighted by Crippen LogP contribution is 2.25. The summed E-state index contributed by atoms with van der Waals surface area (Å²) in [5, 5.41) is 8.58. The Bertz CT molecular complexity index is 1820. The molecule has 4 aromatic rings. The molecular weight excluding hydrogens is 688 g/mol. The fraction of sp³-hybridized carbons (Fsp3) is 0.343. The first kappa shape index (κ1) is 45.1. The van der Waals surface area contributed by atoms with Gasteiger partial charge in [0.15, 0.2) is 11.6 Å². The van der Waals surface area contributed by atoms with Gasteiger partial charge in [-0.15, -0.1) is 10.2 Å². The van der Waals surface area contributed by atoms with Gasteiger partial charge in [-0.25, -0.2) is 34.8 Å². The van der Waals surface area contributed by atoms with Crippen LogP contribution in [0.15, 0.2) is 61.2 Å². The van der Waals surface area contributed by atoms with Crippen molar-refractivity contribution >= 4 is 30.4 Å². The average Bonchev–Trinajstić information content (AvgIpc) is 3.76. The van der Waals surface area contributed by atoms with Gasteiger partial charge in [0.05, 0.1) is 18.8 Å². The fourth-order valence-electron chi connectivity index (χ4n) is 4.10. The molecule has 0 spiro atoms. The predicted molar refractivity (Wildman–Crippen MR) is 199 cm³/mol. The second-order valence-electron chi connectivity index (χ2n) is 12.0. The second kappa shape index (κ2) is 22.8. The number of nitrogens with two attached hydrogens (primary N) is 3. The molecule has 4 rings (SSSR count). The van der Waals surface area contributed by atoms with Crippen LogP contribution in [0.1, 0.15) is 52.7 Å². The van der Waals surface area contributed by atoms with Crippen LogP contribution in [-0.2, 0) is 19.1 Å². The number of nitrogens with one attached hydrogen (secondary N) is 1. The first-order valence-electron chi connectivity index (χ1n) is 16.2. The number of aryl methyl sites for hydroxylation is 2. The van der Waals surface area contributed by atoms with Crippen LogP contribution >= 0.6 is 0 Å². The number of hydrazine groups is 2. The van der Waals surface area contributed by atoms with Gasteiger partial charge in [0.2, 0.25) is 0 Å². The minimum Gasteiger partial charge on any atom is -0.491 e. The molecule has 0 aliphatic rings. The summed E-state index contributed by atoms with van der Waals surface area (Å²) in [7, 11) is 0. The number of aromatic nitrogens is 6. The molecule has 2 aromatic heterocycles. The Hall–Kier alpha value is -5.95. The molecule has 0 unspecified atom stereocenters. The molecule has 2 aromatic carbocycles. The lowest BCUT2D eigenvalue weighted by molar-refractivity contribution is -0.134. The highest BCUT2D eigenvalue weighted by Gasteiger charge is 2.12. The molecular formula is C35H50N10O8. The van der Waals surface area contributed by atoms with Crippen LogP contribution < -0.4 is 32.4 Å². The van der Waals surface area contributed by atoms with Crippen LogP contribution in [-0.4, -0.2) is 71.9 Å². The number of esters is 1. The number of ether oxygens (including phenoxy) is 4. The molecule has 0 atom stereocenters. The van der Waals surface area contributed by atoms with E-state index in [0.717, 1.165) is 39.8 Å². The Kier molecular flexibility index (Phi) is 19.4. The second-order valence-corrected chi connectivity index (χ2v) is 12.0. The molecule has 18 nitrogen and oxygen atoms in total. The SMILES string of the molecule is Cc1cc(OC(C)C)cc(-c2ncn(/C=C\C(=O)NN)n2)c1.Cc1cc(OC(C)C)cc(-c2ncn(/C=C\C(=O)OC(=O)OCC(C)C)n2)c1.NN.O. The summed E-state index contributed by atoms with van der Waals surface area (Å²) in [6.45, 7) is 15.7. The van der Waals surface area contributed by atoms with E-state index in [1.807, 2.05) is 97.2 Å². The molecule has 0 fully saturated rings. The highest BCUT2D eigenvalue weighted by molar-refractivity contribution is 5.91. The Morgan fingerprint density at radius 3 is 1.62 bits per heavy atom. The summed E-state index contributed by atoms with van der Waals surface area (Å²) in [4.78, 5) is 42.5. The maximum atomic E-state index is 11.7. The molecule has 288 valence electrons. The van der Waals surface area contributed by atoms with E-state index in [1.165, 1.54) is 40.5 Å². The number of nitrogens with zero attached hydrogens (tertiary/aromatic N) is 6. The number of benzene rings is 2. The van der Waals surface area contributed by atoms with Crippen LogP contribution in [0.3, 0.4) is 0 Å². The lowest BCUT2D eigenvalue weighted by Crippen LogP contribution is -2.28. The highest BCUT2D eigenvalue weighted by atomic mass is 16.7. The zero-order valence-electron chi connectivity index (χ0n) is 31.1. The molecule has 2 heterocycles. The summed E-state index contributed by atoms with van der Waals surface area (Å²) in [5.41, 5.74) is 5.73. The normalized spacial score (nSPS) is 10.7. The van der Waals surface area contributed by atoms with E-state index in [0.29, 0.717) is 11.6 Å². The van der Waals surface area contributed by atoms with Gasteiger partial charge in [-0.2, -0.15) is 0 Å². The number of carbonyl (C=O) groups is 3. The van der Waals surface area contributed by atoms with E-state index in [4.69, 9.17) is 20.1 Å². The largest absolute Gasteiger partial charge is 0.516 e. The number of hydrogen-bond acceptors (Lipinski definition) is 14. The molecule has 53 heavy (non-hydrogen) atoms. The van der Waals surface area contributed by atoms with Crippen LogP contribution in [0.2, 0.25) is 0 Å². The van der Waals surface area contributed by atoms with E-state index in [1.54, 1.807) is 0 Å². The van der Waals surface area contributed by atoms with Crippen LogP contribution in [0.5, 0.6) is 11.5 Å². The van der Waals surface area contributed by atoms with Gasteiger partial charge >= 0.3 is 12.1 Å². The van der Waals surface area contributed by atoms with Crippen molar-refractivity contribution in [2.24, 2.45) is 23.4 Å². The van der Waals surface area contributed by atoms with Crippen molar-refractivity contribution in [2.45, 2.75) is 67.6 Å². The summed E-state index contributed by atoms with van der Waals surface area (Å²) < 4.78 is 23.5. The van der Waals surface area contributed by atoms with Gasteiger partial charge in [-0.05, 0) is 95.0 Å². The molecule has 18 heteroatoms. The standard InChI is InChI=1S/C20H25N3O5.C15H19N5O2.H4N2.H2O/c1-13(2)11-26-20(25)28-18(24)6-7-23-12-21-19(22-23)16-8-15(5)9-17(10-16)27-14(3)4;1-10(2)22-13-7-11(3)6-12(8-13)15-17-9-20(19-15)5-4-14(21)18-16;1-2;/h6-10,12-14H,11H2,1-5H3;4-10H,16H2,1-3H3,(H,18,21);1-2H2;1H2/b7-6-;5-4-;;. The average molecular weight is 739 g/mol. The summed E-state index contributed by atoms with van der Waals surface area (Å²) in [6, 6.07) is 11.6. The third-order valence-corrected chi connectivity index (χ3v) is 5.98. The van der Waals surface area contributed by atoms with Gasteiger partial charge in [0, 0.05) is 35.7 Å². The van der Waals surface area contributed by atoms with E-state index >= 15 is 0 Å². The van der Waals surface area contributed by atoms with Gasteiger partial charge in [-0.1, -0.05) is 13.8 Å². The Morgan fingerprint density at radius 2 is 1.21 bits per heavy atom. The van der Waals surface area contributed by atoms with Crippen molar-refractivity contribution in [1.29, 1.82) is 0 Å². The molecule has 0 aliphatic heterocycles. The molecule has 0 radical (unpaired) electrons. The van der Waals surface area contributed by atoms with Gasteiger partial charge < -0.3 is 24.4 Å². The first-order valence-corrected chi connectivity index (χ1v) is 16.2. The van der Waals surface area contributed by atoms with E-state index in [2.05, 4.69) is 36.6 Å². The molecule has 0 saturated heterocycles. The summed E-state index contributed by atoms with van der Waals surface area (Å²) in [5.74, 6) is 14.4. The maximum absolute atomic E-state index is 11.7. The van der Waals surface area contributed by atoms with Crippen LogP contribution in [0.25, 0.3) is 35.2 Å². The van der Waals surface area contributed by atoms with Crippen LogP contribution in [0.4, 0.5) is 4.79 Å². The topological polar surface area (TPSA) is 271 Å². The molecule has 0 aliphatic carbocycles. The zero-order chi connectivity index (χ0) is 38.8. The van der Waals surface area contributed by atoms with Crippen LogP contribution in [0, 0.1) is 19.8 Å². The maximum Gasteiger partial charge on any atom is 0.516 e. The third kappa shape index (κ3) is 16.7. The first-order chi connectivity index (χ1) is 24.7. The molecule has 9 N–H and O–H groups in total. The number of hydrogen-bond donors (Lipinski definition) is 4. The predicted octanol–water partition coefficient (Wildman–Crippen LogP) is 3.34. The number of amides is 1. The quantitative estimate of drug-likeness (QED) is 0.0405. The van der Waals surface area contributed by atoms with Crippen molar-refractivity contribution in [3.05, 3.63) is 72.3 Å². The molecule has 0 saturated carbocycles. The van der Waals surface area contributed by atoms with E-state index in [9.17, 15) is 14.4 Å². The Morgan fingerprint density at radius 1 is 0.755 bits per heavy atom. The van der Waals surface area contributed by atoms with Gasteiger partial charge in [0.1, 0.15) is 24.2 Å². The van der Waals surface area contributed by atoms with Gasteiger partial charge in [0.25, 0.3) is 5.91 Å².